The zero-order chi connectivity index (χ0) is 21.5. The summed E-state index contributed by atoms with van der Waals surface area (Å²) in [4.78, 5) is 27.7. The van der Waals surface area contributed by atoms with Crippen LogP contribution in [0.25, 0.3) is 0 Å². The van der Waals surface area contributed by atoms with Gasteiger partial charge in [-0.25, -0.2) is 0 Å². The van der Waals surface area contributed by atoms with Crippen LogP contribution in [0.3, 0.4) is 0 Å². The maximum absolute atomic E-state index is 13.4. The van der Waals surface area contributed by atoms with E-state index >= 15 is 0 Å². The molecule has 5 heteroatoms. The van der Waals surface area contributed by atoms with Crippen LogP contribution in [0, 0.1) is 5.92 Å². The average Bonchev–Trinajstić information content (AvgIpc) is 3.51. The lowest BCUT2D eigenvalue weighted by atomic mass is 10.0. The molecule has 1 heterocycles. The predicted octanol–water partition coefficient (Wildman–Crippen LogP) is 4.25. The number of carbonyl (C=O) groups is 2. The minimum absolute atomic E-state index is 0.00983. The first-order chi connectivity index (χ1) is 15.2. The Morgan fingerprint density at radius 1 is 0.935 bits per heavy atom. The van der Waals surface area contributed by atoms with E-state index < -0.39 is 0 Å². The van der Waals surface area contributed by atoms with E-state index in [1.54, 1.807) is 0 Å². The van der Waals surface area contributed by atoms with Crippen LogP contribution in [-0.2, 0) is 27.3 Å². The van der Waals surface area contributed by atoms with Crippen LogP contribution < -0.4 is 10.2 Å². The van der Waals surface area contributed by atoms with Crippen molar-refractivity contribution >= 4 is 17.5 Å². The van der Waals surface area contributed by atoms with Gasteiger partial charge in [-0.3, -0.25) is 9.59 Å². The molecule has 2 aromatic carbocycles. The highest BCUT2D eigenvalue weighted by Gasteiger charge is 2.28. The van der Waals surface area contributed by atoms with Gasteiger partial charge in [0.15, 0.2) is 0 Å². The quantitative estimate of drug-likeness (QED) is 0.695. The molecule has 2 amide bonds. The van der Waals surface area contributed by atoms with Gasteiger partial charge < -0.3 is 15.0 Å². The molecule has 1 aliphatic carbocycles. The van der Waals surface area contributed by atoms with E-state index in [-0.39, 0.29) is 23.8 Å². The third-order valence-corrected chi connectivity index (χ3v) is 6.29. The Balaban J connectivity index is 1.46. The SMILES string of the molecule is O=C(Cc1cccc(N(Cc2ccccc2)C(=O)C2CCCC2)c1)NC[C@@H]1CCCO1. The summed E-state index contributed by atoms with van der Waals surface area (Å²) < 4.78 is 5.58. The molecule has 0 radical (unpaired) electrons. The summed E-state index contributed by atoms with van der Waals surface area (Å²) in [6.45, 7) is 1.90. The molecule has 2 aliphatic rings. The maximum Gasteiger partial charge on any atom is 0.230 e. The fourth-order valence-corrected chi connectivity index (χ4v) is 4.57. The normalized spacial score (nSPS) is 18.8. The van der Waals surface area contributed by atoms with Crippen molar-refractivity contribution in [1.82, 2.24) is 5.32 Å². The molecule has 2 aromatic rings. The Morgan fingerprint density at radius 2 is 1.71 bits per heavy atom. The molecule has 164 valence electrons. The molecule has 5 nitrogen and oxygen atoms in total. The molecule has 1 aliphatic heterocycles. The van der Waals surface area contributed by atoms with E-state index in [0.717, 1.165) is 61.9 Å². The minimum atomic E-state index is -0.00983. The lowest BCUT2D eigenvalue weighted by Gasteiger charge is -2.26. The van der Waals surface area contributed by atoms with Crippen LogP contribution >= 0.6 is 0 Å². The van der Waals surface area contributed by atoms with Crippen molar-refractivity contribution in [3.05, 3.63) is 65.7 Å². The molecular weight excluding hydrogens is 388 g/mol. The molecule has 1 N–H and O–H groups in total. The second-order valence-corrected chi connectivity index (χ2v) is 8.68. The maximum atomic E-state index is 13.4. The van der Waals surface area contributed by atoms with E-state index in [2.05, 4.69) is 17.4 Å². The molecule has 1 atom stereocenters. The van der Waals surface area contributed by atoms with Crippen molar-refractivity contribution in [2.75, 3.05) is 18.1 Å². The highest BCUT2D eigenvalue weighted by Crippen LogP contribution is 2.30. The van der Waals surface area contributed by atoms with E-state index in [0.29, 0.717) is 19.5 Å². The Labute approximate surface area is 184 Å². The Morgan fingerprint density at radius 3 is 2.45 bits per heavy atom. The summed E-state index contributed by atoms with van der Waals surface area (Å²) in [6.07, 6.45) is 6.70. The molecular formula is C26H32N2O3. The molecule has 1 saturated carbocycles. The van der Waals surface area contributed by atoms with Gasteiger partial charge in [0.05, 0.1) is 19.1 Å². The summed E-state index contributed by atoms with van der Waals surface area (Å²) >= 11 is 0. The number of ether oxygens (including phenoxy) is 1. The Hall–Kier alpha value is -2.66. The van der Waals surface area contributed by atoms with Gasteiger partial charge in [-0.05, 0) is 48.9 Å². The van der Waals surface area contributed by atoms with E-state index in [1.807, 2.05) is 47.4 Å². The molecule has 0 unspecified atom stereocenters. The highest BCUT2D eigenvalue weighted by atomic mass is 16.5. The predicted molar refractivity (Wildman–Crippen MR) is 122 cm³/mol. The molecule has 31 heavy (non-hydrogen) atoms. The van der Waals surface area contributed by atoms with Crippen molar-refractivity contribution in [3.63, 3.8) is 0 Å². The smallest absolute Gasteiger partial charge is 0.230 e. The van der Waals surface area contributed by atoms with Gasteiger partial charge in [-0.15, -0.1) is 0 Å². The van der Waals surface area contributed by atoms with Gasteiger partial charge in [0.2, 0.25) is 11.8 Å². The van der Waals surface area contributed by atoms with Gasteiger partial charge in [0.1, 0.15) is 0 Å². The summed E-state index contributed by atoms with van der Waals surface area (Å²) in [5.41, 5.74) is 2.89. The van der Waals surface area contributed by atoms with Crippen LogP contribution in [0.2, 0.25) is 0 Å². The van der Waals surface area contributed by atoms with E-state index in [4.69, 9.17) is 4.74 Å². The molecule has 0 bridgehead atoms. The van der Waals surface area contributed by atoms with Gasteiger partial charge in [0.25, 0.3) is 0 Å². The van der Waals surface area contributed by atoms with Crippen molar-refractivity contribution < 1.29 is 14.3 Å². The Bertz CT molecular complexity index is 871. The fourth-order valence-electron chi connectivity index (χ4n) is 4.57. The summed E-state index contributed by atoms with van der Waals surface area (Å²) in [5, 5.41) is 2.98. The van der Waals surface area contributed by atoms with Crippen molar-refractivity contribution in [3.8, 4) is 0 Å². The highest BCUT2D eigenvalue weighted by molar-refractivity contribution is 5.95. The Kier molecular flexibility index (Phi) is 7.36. The number of nitrogens with one attached hydrogen (secondary N) is 1. The number of carbonyl (C=O) groups excluding carboxylic acids is 2. The first kappa shape index (κ1) is 21.6. The summed E-state index contributed by atoms with van der Waals surface area (Å²) in [5.74, 6) is 0.285. The lowest BCUT2D eigenvalue weighted by molar-refractivity contribution is -0.122. The monoisotopic (exact) mass is 420 g/mol. The zero-order valence-electron chi connectivity index (χ0n) is 18.1. The first-order valence-corrected chi connectivity index (χ1v) is 11.5. The lowest BCUT2D eigenvalue weighted by Crippen LogP contribution is -2.35. The van der Waals surface area contributed by atoms with Crippen LogP contribution in [0.1, 0.15) is 49.7 Å². The number of amides is 2. The number of hydrogen-bond donors (Lipinski definition) is 1. The molecule has 2 fully saturated rings. The van der Waals surface area contributed by atoms with Gasteiger partial charge in [0, 0.05) is 24.8 Å². The second kappa shape index (κ2) is 10.6. The number of anilines is 1. The van der Waals surface area contributed by atoms with Crippen molar-refractivity contribution in [1.29, 1.82) is 0 Å². The first-order valence-electron chi connectivity index (χ1n) is 11.5. The molecule has 0 aromatic heterocycles. The van der Waals surface area contributed by atoms with E-state index in [1.165, 1.54) is 0 Å². The van der Waals surface area contributed by atoms with Crippen LogP contribution in [0.4, 0.5) is 5.69 Å². The van der Waals surface area contributed by atoms with Crippen molar-refractivity contribution in [2.24, 2.45) is 5.92 Å². The average molecular weight is 421 g/mol. The molecule has 4 rings (SSSR count). The topological polar surface area (TPSA) is 58.6 Å². The minimum Gasteiger partial charge on any atom is -0.376 e. The number of benzene rings is 2. The largest absolute Gasteiger partial charge is 0.376 e. The number of rotatable bonds is 8. The second-order valence-electron chi connectivity index (χ2n) is 8.68. The summed E-state index contributed by atoms with van der Waals surface area (Å²) in [7, 11) is 0. The standard InChI is InChI=1S/C26H32N2O3/c29-25(27-18-24-14-7-15-31-24)17-21-10-6-13-23(16-21)28(19-20-8-2-1-3-9-20)26(30)22-11-4-5-12-22/h1-3,6,8-10,13,16,22,24H,4-5,7,11-12,14-15,17-19H2,(H,27,29)/t24-/m0/s1. The third-order valence-electron chi connectivity index (χ3n) is 6.29. The zero-order valence-corrected chi connectivity index (χ0v) is 18.1. The van der Waals surface area contributed by atoms with Crippen molar-refractivity contribution in [2.45, 2.75) is 57.6 Å². The fraction of sp³-hybridized carbons (Fsp3) is 0.462. The molecule has 0 spiro atoms. The van der Waals surface area contributed by atoms with E-state index in [9.17, 15) is 9.59 Å². The van der Waals surface area contributed by atoms with Crippen LogP contribution in [-0.4, -0.2) is 31.1 Å². The van der Waals surface area contributed by atoms with Crippen LogP contribution in [0.15, 0.2) is 54.6 Å². The number of hydrogen-bond acceptors (Lipinski definition) is 3. The molecule has 1 saturated heterocycles. The summed E-state index contributed by atoms with van der Waals surface area (Å²) in [6, 6.07) is 18.0. The number of nitrogens with zero attached hydrogens (tertiary/aromatic N) is 1. The van der Waals surface area contributed by atoms with Gasteiger partial charge in [-0.2, -0.15) is 0 Å². The van der Waals surface area contributed by atoms with Gasteiger partial charge in [-0.1, -0.05) is 55.3 Å². The van der Waals surface area contributed by atoms with Gasteiger partial charge >= 0.3 is 0 Å². The third kappa shape index (κ3) is 5.95. The van der Waals surface area contributed by atoms with Crippen LogP contribution in [0.5, 0.6) is 0 Å².